The summed E-state index contributed by atoms with van der Waals surface area (Å²) in [4.78, 5) is 10.9. The Labute approximate surface area is 151 Å². The largest absolute Gasteiger partial charge is 0.461 e. The number of aromatic nitrogens is 3. The topological polar surface area (TPSA) is 82.3 Å². The Hall–Kier alpha value is -3.16. The highest BCUT2D eigenvalue weighted by Gasteiger charge is 2.10. The summed E-state index contributed by atoms with van der Waals surface area (Å²) in [5.74, 6) is 2.19. The van der Waals surface area contributed by atoms with Gasteiger partial charge in [0.25, 0.3) is 0 Å². The van der Waals surface area contributed by atoms with Gasteiger partial charge in [0.15, 0.2) is 11.7 Å². The predicted molar refractivity (Wildman–Crippen MR) is 96.8 cm³/mol. The van der Waals surface area contributed by atoms with Gasteiger partial charge >= 0.3 is 0 Å². The van der Waals surface area contributed by atoms with Crippen molar-refractivity contribution in [3.05, 3.63) is 59.9 Å². The summed E-state index contributed by atoms with van der Waals surface area (Å²) in [5, 5.41) is 10.2. The van der Waals surface area contributed by atoms with Gasteiger partial charge in [0.2, 0.25) is 5.82 Å². The van der Waals surface area contributed by atoms with E-state index in [9.17, 15) is 4.39 Å². The van der Waals surface area contributed by atoms with E-state index >= 15 is 0 Å². The minimum absolute atomic E-state index is 0.245. The second kappa shape index (κ2) is 8.28. The molecule has 0 atom stereocenters. The van der Waals surface area contributed by atoms with Crippen LogP contribution >= 0.6 is 0 Å². The number of guanidine groups is 1. The molecule has 136 valence electrons. The highest BCUT2D eigenvalue weighted by atomic mass is 19.1. The maximum absolute atomic E-state index is 13.4. The molecule has 7 nitrogen and oxygen atoms in total. The van der Waals surface area contributed by atoms with Gasteiger partial charge in [-0.05, 0) is 36.8 Å². The zero-order valence-electron chi connectivity index (χ0n) is 14.7. The van der Waals surface area contributed by atoms with Crippen molar-refractivity contribution in [2.45, 2.75) is 20.0 Å². The van der Waals surface area contributed by atoms with Crippen molar-refractivity contribution in [3.8, 4) is 11.6 Å². The molecule has 0 fully saturated rings. The SMILES string of the molecule is CCNC(=NCc1nc(-c2ccco2)n[nH]1)N(C)Cc1cccc(F)c1. The third-order valence-electron chi connectivity index (χ3n) is 3.66. The number of hydrogen-bond donors (Lipinski definition) is 2. The molecule has 0 radical (unpaired) electrons. The van der Waals surface area contributed by atoms with E-state index in [2.05, 4.69) is 25.5 Å². The Bertz CT molecular complexity index is 858. The lowest BCUT2D eigenvalue weighted by Crippen LogP contribution is -2.38. The fourth-order valence-electron chi connectivity index (χ4n) is 2.49. The summed E-state index contributed by atoms with van der Waals surface area (Å²) in [6, 6.07) is 10.1. The lowest BCUT2D eigenvalue weighted by molar-refractivity contribution is 0.474. The molecule has 3 aromatic rings. The number of rotatable bonds is 6. The third kappa shape index (κ3) is 4.47. The zero-order valence-corrected chi connectivity index (χ0v) is 14.7. The summed E-state index contributed by atoms with van der Waals surface area (Å²) >= 11 is 0. The molecule has 0 bridgehead atoms. The molecule has 0 unspecified atom stereocenters. The molecule has 0 saturated heterocycles. The van der Waals surface area contributed by atoms with Crippen molar-refractivity contribution in [3.63, 3.8) is 0 Å². The number of nitrogens with one attached hydrogen (secondary N) is 2. The Morgan fingerprint density at radius 1 is 1.35 bits per heavy atom. The standard InChI is InChI=1S/C18H21FN6O/c1-3-20-18(25(2)12-13-6-4-7-14(19)10-13)21-11-16-22-17(24-23-16)15-8-5-9-26-15/h4-10H,3,11-12H2,1-2H3,(H,20,21)(H,22,23,24). The van der Waals surface area contributed by atoms with Crippen LogP contribution in [0, 0.1) is 5.82 Å². The number of H-pyrrole nitrogens is 1. The predicted octanol–water partition coefficient (Wildman–Crippen LogP) is 2.80. The summed E-state index contributed by atoms with van der Waals surface area (Å²) in [5.41, 5.74) is 0.873. The smallest absolute Gasteiger partial charge is 0.216 e. The van der Waals surface area contributed by atoms with Crippen molar-refractivity contribution in [1.29, 1.82) is 0 Å². The van der Waals surface area contributed by atoms with Crippen LogP contribution in [0.15, 0.2) is 52.1 Å². The van der Waals surface area contributed by atoms with Gasteiger partial charge in [-0.2, -0.15) is 0 Å². The molecule has 3 rings (SSSR count). The highest BCUT2D eigenvalue weighted by Crippen LogP contribution is 2.14. The number of hydrogen-bond acceptors (Lipinski definition) is 4. The summed E-state index contributed by atoms with van der Waals surface area (Å²) < 4.78 is 18.6. The first-order valence-corrected chi connectivity index (χ1v) is 8.34. The second-order valence-corrected chi connectivity index (χ2v) is 5.74. The number of benzene rings is 1. The van der Waals surface area contributed by atoms with Gasteiger partial charge in [-0.15, -0.1) is 5.10 Å². The molecule has 0 aliphatic carbocycles. The molecule has 0 aliphatic rings. The van der Waals surface area contributed by atoms with E-state index in [1.807, 2.05) is 24.9 Å². The van der Waals surface area contributed by atoms with Crippen molar-refractivity contribution >= 4 is 5.96 Å². The lowest BCUT2D eigenvalue weighted by Gasteiger charge is -2.22. The molecule has 2 aromatic heterocycles. The molecular formula is C18H21FN6O. The van der Waals surface area contributed by atoms with Crippen LogP contribution in [0.4, 0.5) is 4.39 Å². The Kier molecular flexibility index (Phi) is 5.62. The Morgan fingerprint density at radius 3 is 2.96 bits per heavy atom. The van der Waals surface area contributed by atoms with E-state index in [4.69, 9.17) is 4.42 Å². The van der Waals surface area contributed by atoms with Crippen LogP contribution in [-0.2, 0) is 13.1 Å². The van der Waals surface area contributed by atoms with Crippen LogP contribution in [0.1, 0.15) is 18.3 Å². The fraction of sp³-hybridized carbons (Fsp3) is 0.278. The molecule has 2 N–H and O–H groups in total. The second-order valence-electron chi connectivity index (χ2n) is 5.74. The molecule has 26 heavy (non-hydrogen) atoms. The van der Waals surface area contributed by atoms with Gasteiger partial charge in [-0.25, -0.2) is 14.4 Å². The van der Waals surface area contributed by atoms with E-state index in [-0.39, 0.29) is 5.82 Å². The fourth-order valence-corrected chi connectivity index (χ4v) is 2.49. The zero-order chi connectivity index (χ0) is 18.4. The van der Waals surface area contributed by atoms with E-state index in [1.165, 1.54) is 12.1 Å². The molecular weight excluding hydrogens is 335 g/mol. The minimum atomic E-state index is -0.245. The average molecular weight is 356 g/mol. The molecule has 0 spiro atoms. The first kappa shape index (κ1) is 17.7. The summed E-state index contributed by atoms with van der Waals surface area (Å²) in [6.45, 7) is 3.59. The molecule has 0 amide bonds. The van der Waals surface area contributed by atoms with Crippen molar-refractivity contribution in [2.75, 3.05) is 13.6 Å². The van der Waals surface area contributed by atoms with Crippen LogP contribution < -0.4 is 5.32 Å². The van der Waals surface area contributed by atoms with Crippen molar-refractivity contribution < 1.29 is 8.81 Å². The molecule has 1 aromatic carbocycles. The Balaban J connectivity index is 1.68. The number of furan rings is 1. The van der Waals surface area contributed by atoms with E-state index in [1.54, 1.807) is 24.5 Å². The van der Waals surface area contributed by atoms with Gasteiger partial charge in [0.1, 0.15) is 18.2 Å². The third-order valence-corrected chi connectivity index (χ3v) is 3.66. The Morgan fingerprint density at radius 2 is 2.23 bits per heavy atom. The van der Waals surface area contributed by atoms with Crippen molar-refractivity contribution in [2.24, 2.45) is 4.99 Å². The van der Waals surface area contributed by atoms with Crippen LogP contribution in [0.5, 0.6) is 0 Å². The first-order valence-electron chi connectivity index (χ1n) is 8.34. The first-order chi connectivity index (χ1) is 12.7. The van der Waals surface area contributed by atoms with Gasteiger partial charge in [-0.1, -0.05) is 12.1 Å². The lowest BCUT2D eigenvalue weighted by atomic mass is 10.2. The highest BCUT2D eigenvalue weighted by molar-refractivity contribution is 5.79. The van der Waals surface area contributed by atoms with Crippen LogP contribution in [0.2, 0.25) is 0 Å². The normalized spacial score (nSPS) is 11.6. The minimum Gasteiger partial charge on any atom is -0.461 e. The monoisotopic (exact) mass is 356 g/mol. The maximum Gasteiger partial charge on any atom is 0.216 e. The number of halogens is 1. The molecule has 2 heterocycles. The quantitative estimate of drug-likeness (QED) is 0.524. The van der Waals surface area contributed by atoms with E-state index < -0.39 is 0 Å². The van der Waals surface area contributed by atoms with Crippen molar-refractivity contribution in [1.82, 2.24) is 25.4 Å². The van der Waals surface area contributed by atoms with Gasteiger partial charge in [-0.3, -0.25) is 5.10 Å². The molecule has 0 saturated carbocycles. The van der Waals surface area contributed by atoms with Gasteiger partial charge in [0.05, 0.1) is 6.26 Å². The average Bonchev–Trinajstić information content (AvgIpc) is 3.29. The van der Waals surface area contributed by atoms with E-state index in [0.717, 1.165) is 12.1 Å². The summed E-state index contributed by atoms with van der Waals surface area (Å²) in [6.07, 6.45) is 1.58. The maximum atomic E-state index is 13.4. The van der Waals surface area contributed by atoms with E-state index in [0.29, 0.717) is 36.5 Å². The summed E-state index contributed by atoms with van der Waals surface area (Å²) in [7, 11) is 1.90. The number of aliphatic imine (C=N–C) groups is 1. The number of aromatic amines is 1. The van der Waals surface area contributed by atoms with Gasteiger partial charge < -0.3 is 14.6 Å². The van der Waals surface area contributed by atoms with Gasteiger partial charge in [0, 0.05) is 20.1 Å². The van der Waals surface area contributed by atoms with Crippen LogP contribution in [0.25, 0.3) is 11.6 Å². The van der Waals surface area contributed by atoms with Crippen LogP contribution in [-0.4, -0.2) is 39.6 Å². The molecule has 0 aliphatic heterocycles. The van der Waals surface area contributed by atoms with Crippen LogP contribution in [0.3, 0.4) is 0 Å². The molecule has 8 heteroatoms. The number of nitrogens with zero attached hydrogens (tertiary/aromatic N) is 4.